The molecule has 2 aromatic heterocycles. The molecular formula is C16H13N3S. The fraction of sp³-hybridized carbons (Fsp3) is 0.125. The summed E-state index contributed by atoms with van der Waals surface area (Å²) in [6, 6.07) is 14.8. The number of benzene rings is 2. The zero-order valence-corrected chi connectivity index (χ0v) is 12.1. The van der Waals surface area contributed by atoms with E-state index >= 15 is 0 Å². The molecule has 0 amide bonds. The van der Waals surface area contributed by atoms with Gasteiger partial charge in [0, 0.05) is 5.56 Å². The SMILES string of the molecule is Cc1ccc2c(c1)sc1nnc(-c3ccccc3C)n12. The first-order chi connectivity index (χ1) is 9.74. The molecule has 2 aromatic carbocycles. The standard InChI is InChI=1S/C16H13N3S/c1-10-7-8-13-14(9-10)20-16-18-17-15(19(13)16)12-6-4-3-5-11(12)2/h3-9H,1-2H3. The molecule has 0 N–H and O–H groups in total. The summed E-state index contributed by atoms with van der Waals surface area (Å²) in [5.41, 5.74) is 4.81. The number of aromatic nitrogens is 3. The molecular weight excluding hydrogens is 266 g/mol. The van der Waals surface area contributed by atoms with E-state index in [1.165, 1.54) is 21.3 Å². The summed E-state index contributed by atoms with van der Waals surface area (Å²) < 4.78 is 3.41. The normalized spacial score (nSPS) is 11.5. The Kier molecular flexibility index (Phi) is 2.41. The van der Waals surface area contributed by atoms with Crippen molar-refractivity contribution < 1.29 is 0 Å². The Morgan fingerprint density at radius 2 is 1.85 bits per heavy atom. The number of aryl methyl sites for hydroxylation is 2. The van der Waals surface area contributed by atoms with Gasteiger partial charge in [0.2, 0.25) is 4.96 Å². The van der Waals surface area contributed by atoms with E-state index in [9.17, 15) is 0 Å². The van der Waals surface area contributed by atoms with Gasteiger partial charge in [-0.1, -0.05) is 41.7 Å². The summed E-state index contributed by atoms with van der Waals surface area (Å²) in [5, 5.41) is 8.72. The Morgan fingerprint density at radius 3 is 2.70 bits per heavy atom. The van der Waals surface area contributed by atoms with E-state index < -0.39 is 0 Å². The lowest BCUT2D eigenvalue weighted by molar-refractivity contribution is 1.11. The van der Waals surface area contributed by atoms with Crippen LogP contribution in [0.15, 0.2) is 42.5 Å². The summed E-state index contributed by atoms with van der Waals surface area (Å²) >= 11 is 1.69. The van der Waals surface area contributed by atoms with Crippen LogP contribution in [0.1, 0.15) is 11.1 Å². The van der Waals surface area contributed by atoms with Crippen LogP contribution in [0.5, 0.6) is 0 Å². The molecule has 20 heavy (non-hydrogen) atoms. The molecule has 0 spiro atoms. The van der Waals surface area contributed by atoms with Gasteiger partial charge in [0.25, 0.3) is 0 Å². The minimum absolute atomic E-state index is 0.924. The molecule has 0 fully saturated rings. The molecule has 4 heteroatoms. The van der Waals surface area contributed by atoms with Gasteiger partial charge in [-0.15, -0.1) is 10.2 Å². The molecule has 4 rings (SSSR count). The van der Waals surface area contributed by atoms with Crippen LogP contribution in [0.4, 0.5) is 0 Å². The van der Waals surface area contributed by atoms with E-state index in [2.05, 4.69) is 58.8 Å². The van der Waals surface area contributed by atoms with Crippen molar-refractivity contribution in [2.45, 2.75) is 13.8 Å². The van der Waals surface area contributed by atoms with Crippen molar-refractivity contribution in [3.05, 3.63) is 53.6 Å². The van der Waals surface area contributed by atoms with Crippen LogP contribution >= 0.6 is 11.3 Å². The number of fused-ring (bicyclic) bond motifs is 3. The van der Waals surface area contributed by atoms with Gasteiger partial charge in [0.15, 0.2) is 5.82 Å². The van der Waals surface area contributed by atoms with Gasteiger partial charge in [-0.05, 0) is 37.1 Å². The zero-order chi connectivity index (χ0) is 13.7. The van der Waals surface area contributed by atoms with E-state index in [0.717, 1.165) is 16.3 Å². The van der Waals surface area contributed by atoms with Gasteiger partial charge >= 0.3 is 0 Å². The van der Waals surface area contributed by atoms with Crippen LogP contribution in [-0.2, 0) is 0 Å². The highest BCUT2D eigenvalue weighted by atomic mass is 32.1. The zero-order valence-electron chi connectivity index (χ0n) is 11.3. The van der Waals surface area contributed by atoms with Crippen LogP contribution in [-0.4, -0.2) is 14.6 Å². The minimum atomic E-state index is 0.924. The smallest absolute Gasteiger partial charge is 0.217 e. The summed E-state index contributed by atoms with van der Waals surface area (Å²) in [5.74, 6) is 0.924. The molecule has 2 heterocycles. The van der Waals surface area contributed by atoms with Gasteiger partial charge in [-0.3, -0.25) is 4.40 Å². The topological polar surface area (TPSA) is 30.2 Å². The first-order valence-corrected chi connectivity index (χ1v) is 7.36. The van der Waals surface area contributed by atoms with E-state index in [-0.39, 0.29) is 0 Å². The third-order valence-electron chi connectivity index (χ3n) is 3.58. The Balaban J connectivity index is 2.11. The first kappa shape index (κ1) is 11.6. The minimum Gasteiger partial charge on any atom is -0.265 e. The quantitative estimate of drug-likeness (QED) is 0.522. The third kappa shape index (κ3) is 1.58. The number of rotatable bonds is 1. The fourth-order valence-electron chi connectivity index (χ4n) is 2.54. The molecule has 0 bridgehead atoms. The second-order valence-electron chi connectivity index (χ2n) is 5.03. The largest absolute Gasteiger partial charge is 0.265 e. The number of hydrogen-bond acceptors (Lipinski definition) is 3. The molecule has 0 radical (unpaired) electrons. The summed E-state index contributed by atoms with van der Waals surface area (Å²) in [7, 11) is 0. The van der Waals surface area contributed by atoms with Gasteiger partial charge in [0.1, 0.15) is 0 Å². The molecule has 0 atom stereocenters. The average molecular weight is 279 g/mol. The van der Waals surface area contributed by atoms with Crippen LogP contribution in [0.25, 0.3) is 26.6 Å². The van der Waals surface area contributed by atoms with E-state index in [1.54, 1.807) is 11.3 Å². The Hall–Kier alpha value is -2.20. The molecule has 0 aliphatic heterocycles. The maximum atomic E-state index is 4.38. The van der Waals surface area contributed by atoms with E-state index in [4.69, 9.17) is 0 Å². The predicted octanol–water partition coefficient (Wildman–Crippen LogP) is 4.23. The van der Waals surface area contributed by atoms with Gasteiger partial charge in [-0.25, -0.2) is 0 Å². The Bertz CT molecular complexity index is 933. The van der Waals surface area contributed by atoms with E-state index in [0.29, 0.717) is 0 Å². The highest BCUT2D eigenvalue weighted by molar-refractivity contribution is 7.23. The van der Waals surface area contributed by atoms with Crippen molar-refractivity contribution in [3.8, 4) is 11.4 Å². The average Bonchev–Trinajstić information content (AvgIpc) is 2.97. The molecule has 0 aliphatic carbocycles. The predicted molar refractivity (Wildman–Crippen MR) is 83.3 cm³/mol. The number of hydrogen-bond donors (Lipinski definition) is 0. The molecule has 0 saturated heterocycles. The van der Waals surface area contributed by atoms with Crippen molar-refractivity contribution >= 4 is 26.5 Å². The van der Waals surface area contributed by atoms with Crippen molar-refractivity contribution in [2.75, 3.05) is 0 Å². The Morgan fingerprint density at radius 1 is 1.00 bits per heavy atom. The molecule has 0 unspecified atom stereocenters. The maximum Gasteiger partial charge on any atom is 0.217 e. The van der Waals surface area contributed by atoms with Gasteiger partial charge < -0.3 is 0 Å². The molecule has 0 saturated carbocycles. The van der Waals surface area contributed by atoms with Crippen LogP contribution < -0.4 is 0 Å². The second-order valence-corrected chi connectivity index (χ2v) is 6.04. The highest BCUT2D eigenvalue weighted by Crippen LogP contribution is 2.31. The van der Waals surface area contributed by atoms with Crippen LogP contribution in [0.2, 0.25) is 0 Å². The number of nitrogens with zero attached hydrogens (tertiary/aromatic N) is 3. The van der Waals surface area contributed by atoms with Crippen molar-refractivity contribution in [1.82, 2.24) is 14.6 Å². The summed E-state index contributed by atoms with van der Waals surface area (Å²) in [6.45, 7) is 4.22. The maximum absolute atomic E-state index is 4.38. The van der Waals surface area contributed by atoms with Crippen molar-refractivity contribution in [1.29, 1.82) is 0 Å². The van der Waals surface area contributed by atoms with E-state index in [1.807, 2.05) is 12.1 Å². The second kappa shape index (κ2) is 4.15. The Labute approximate surface area is 120 Å². The van der Waals surface area contributed by atoms with Gasteiger partial charge in [-0.2, -0.15) is 0 Å². The van der Waals surface area contributed by atoms with Crippen LogP contribution in [0, 0.1) is 13.8 Å². The van der Waals surface area contributed by atoms with Gasteiger partial charge in [0.05, 0.1) is 10.2 Å². The lowest BCUT2D eigenvalue weighted by Gasteiger charge is -2.03. The van der Waals surface area contributed by atoms with Crippen molar-refractivity contribution in [3.63, 3.8) is 0 Å². The monoisotopic (exact) mass is 279 g/mol. The lowest BCUT2D eigenvalue weighted by Crippen LogP contribution is -1.90. The summed E-state index contributed by atoms with van der Waals surface area (Å²) in [4.78, 5) is 0.948. The lowest BCUT2D eigenvalue weighted by atomic mass is 10.1. The molecule has 0 aliphatic rings. The van der Waals surface area contributed by atoms with Crippen LogP contribution in [0.3, 0.4) is 0 Å². The third-order valence-corrected chi connectivity index (χ3v) is 4.57. The summed E-state index contributed by atoms with van der Waals surface area (Å²) in [6.07, 6.45) is 0. The number of thiazole rings is 1. The first-order valence-electron chi connectivity index (χ1n) is 6.54. The highest BCUT2D eigenvalue weighted by Gasteiger charge is 2.14. The molecule has 4 aromatic rings. The van der Waals surface area contributed by atoms with Crippen molar-refractivity contribution in [2.24, 2.45) is 0 Å². The fourth-order valence-corrected chi connectivity index (χ4v) is 3.60. The molecule has 98 valence electrons. The molecule has 3 nitrogen and oxygen atoms in total.